The largest absolute Gasteiger partial charge is 0.235 e. The molecule has 0 fully saturated rings. The lowest BCUT2D eigenvalue weighted by atomic mass is 10.2. The predicted octanol–water partition coefficient (Wildman–Crippen LogP) is 3.86. The van der Waals surface area contributed by atoms with Gasteiger partial charge in [-0.05, 0) is 38.1 Å². The van der Waals surface area contributed by atoms with Crippen LogP contribution in [0.25, 0.3) is 32.7 Å². The van der Waals surface area contributed by atoms with Crippen LogP contribution in [0.2, 0.25) is 0 Å². The highest BCUT2D eigenvalue weighted by atomic mass is 32.1. The van der Waals surface area contributed by atoms with Crippen LogP contribution < -0.4 is 0 Å². The minimum atomic E-state index is -0.324. The Bertz CT molecular complexity index is 1300. The normalized spacial score (nSPS) is 11.4. The lowest BCUT2D eigenvalue weighted by Gasteiger charge is -2.03. The lowest BCUT2D eigenvalue weighted by molar-refractivity contribution is 0.631. The summed E-state index contributed by atoms with van der Waals surface area (Å²) >= 11 is 1.27. The van der Waals surface area contributed by atoms with Crippen LogP contribution in [-0.2, 0) is 0 Å². The monoisotopic (exact) mass is 391 g/mol. The maximum Gasteiger partial charge on any atom is 0.235 e. The molecule has 0 aliphatic carbocycles. The van der Waals surface area contributed by atoms with E-state index in [0.717, 1.165) is 11.4 Å². The van der Waals surface area contributed by atoms with Crippen molar-refractivity contribution in [3.8, 4) is 27.8 Å². The zero-order valence-electron chi connectivity index (χ0n) is 15.0. The molecule has 0 saturated heterocycles. The van der Waals surface area contributed by atoms with E-state index in [-0.39, 0.29) is 5.82 Å². The van der Waals surface area contributed by atoms with Crippen LogP contribution in [0.15, 0.2) is 48.5 Å². The van der Waals surface area contributed by atoms with Crippen molar-refractivity contribution in [2.75, 3.05) is 0 Å². The van der Waals surface area contributed by atoms with Gasteiger partial charge in [0.05, 0.1) is 11.4 Å². The molecular weight excluding hydrogens is 377 g/mol. The second-order valence-electron chi connectivity index (χ2n) is 6.38. The fraction of sp³-hybridized carbons (Fsp3) is 0.105. The second-order valence-corrected chi connectivity index (χ2v) is 7.33. The first kappa shape index (κ1) is 16.7. The molecule has 0 amide bonds. The van der Waals surface area contributed by atoms with E-state index in [9.17, 15) is 4.39 Å². The minimum absolute atomic E-state index is 0.324. The number of hydrogen-bond acceptors (Lipinski definition) is 6. The molecule has 0 N–H and O–H groups in total. The maximum absolute atomic E-state index is 14.1. The Labute approximate surface area is 163 Å². The van der Waals surface area contributed by atoms with Gasteiger partial charge in [0.1, 0.15) is 5.82 Å². The van der Waals surface area contributed by atoms with E-state index in [2.05, 4.69) is 25.6 Å². The van der Waals surface area contributed by atoms with Gasteiger partial charge in [-0.15, -0.1) is 15.3 Å². The second kappa shape index (κ2) is 6.31. The smallest absolute Gasteiger partial charge is 0.217 e. The van der Waals surface area contributed by atoms with E-state index >= 15 is 0 Å². The van der Waals surface area contributed by atoms with Gasteiger partial charge in [0.25, 0.3) is 0 Å². The summed E-state index contributed by atoms with van der Waals surface area (Å²) < 4.78 is 17.4. The molecule has 0 saturated carbocycles. The highest BCUT2D eigenvalue weighted by molar-refractivity contribution is 7.19. The Kier molecular flexibility index (Phi) is 3.76. The third-order valence-corrected chi connectivity index (χ3v) is 5.41. The Morgan fingerprint density at radius 3 is 2.50 bits per heavy atom. The number of nitrogens with zero attached hydrogens (tertiary/aromatic N) is 7. The van der Waals surface area contributed by atoms with Gasteiger partial charge in [0.2, 0.25) is 10.8 Å². The van der Waals surface area contributed by atoms with Crippen LogP contribution in [0.4, 0.5) is 4.39 Å². The van der Waals surface area contributed by atoms with Gasteiger partial charge in [-0.25, -0.2) is 9.07 Å². The van der Waals surface area contributed by atoms with Gasteiger partial charge in [0.15, 0.2) is 10.7 Å². The fourth-order valence-corrected chi connectivity index (χ4v) is 3.84. The molecule has 0 atom stereocenters. The van der Waals surface area contributed by atoms with Crippen molar-refractivity contribution in [3.05, 3.63) is 65.6 Å². The van der Waals surface area contributed by atoms with Crippen LogP contribution in [0, 0.1) is 19.7 Å². The molecule has 3 heterocycles. The number of halogens is 1. The highest BCUT2D eigenvalue weighted by Crippen LogP contribution is 2.30. The van der Waals surface area contributed by atoms with Gasteiger partial charge in [0, 0.05) is 5.56 Å². The summed E-state index contributed by atoms with van der Waals surface area (Å²) in [5.41, 5.74) is 3.91. The molecule has 0 unspecified atom stereocenters. The number of hydrogen-bond donors (Lipinski definition) is 0. The fourth-order valence-electron chi connectivity index (χ4n) is 2.98. The molecule has 2 aromatic carbocycles. The van der Waals surface area contributed by atoms with Crippen LogP contribution >= 0.6 is 11.3 Å². The maximum atomic E-state index is 14.1. The third kappa shape index (κ3) is 2.59. The Morgan fingerprint density at radius 1 is 0.929 bits per heavy atom. The summed E-state index contributed by atoms with van der Waals surface area (Å²) in [6.45, 7) is 3.95. The zero-order chi connectivity index (χ0) is 19.3. The summed E-state index contributed by atoms with van der Waals surface area (Å²) in [4.78, 5) is 0.567. The van der Waals surface area contributed by atoms with Crippen LogP contribution in [0.5, 0.6) is 0 Å². The van der Waals surface area contributed by atoms with Gasteiger partial charge < -0.3 is 0 Å². The van der Waals surface area contributed by atoms with Crippen molar-refractivity contribution < 1.29 is 4.39 Å². The van der Waals surface area contributed by atoms with E-state index in [1.54, 1.807) is 27.4 Å². The molecule has 0 aliphatic rings. The Balaban J connectivity index is 1.61. The zero-order valence-corrected chi connectivity index (χ0v) is 15.9. The van der Waals surface area contributed by atoms with Crippen LogP contribution in [0.1, 0.15) is 11.3 Å². The molecular formula is C19H14FN7S. The van der Waals surface area contributed by atoms with E-state index in [4.69, 9.17) is 0 Å². The van der Waals surface area contributed by atoms with Crippen molar-refractivity contribution >= 4 is 16.3 Å². The van der Waals surface area contributed by atoms with E-state index in [1.165, 1.54) is 23.0 Å². The topological polar surface area (TPSA) is 73.8 Å². The van der Waals surface area contributed by atoms with Crippen LogP contribution in [-0.4, -0.2) is 34.8 Å². The molecule has 3 aromatic heterocycles. The van der Waals surface area contributed by atoms with Gasteiger partial charge in [-0.3, -0.25) is 0 Å². The van der Waals surface area contributed by atoms with E-state index in [1.807, 2.05) is 38.1 Å². The summed E-state index contributed by atoms with van der Waals surface area (Å²) in [5.74, 6) is 0.153. The number of fused-ring (bicyclic) bond motifs is 1. The molecule has 5 rings (SSSR count). The Hall–Kier alpha value is -3.46. The number of aromatic nitrogens is 7. The predicted molar refractivity (Wildman–Crippen MR) is 104 cm³/mol. The quantitative estimate of drug-likeness (QED) is 0.467. The summed E-state index contributed by atoms with van der Waals surface area (Å²) in [5, 5.41) is 22.0. The lowest BCUT2D eigenvalue weighted by Crippen LogP contribution is -1.99. The molecule has 0 radical (unpaired) electrons. The number of benzene rings is 2. The van der Waals surface area contributed by atoms with E-state index < -0.39 is 0 Å². The molecule has 0 aliphatic heterocycles. The van der Waals surface area contributed by atoms with Gasteiger partial charge in [-0.1, -0.05) is 46.4 Å². The first-order chi connectivity index (χ1) is 13.6. The first-order valence-corrected chi connectivity index (χ1v) is 9.40. The molecule has 28 heavy (non-hydrogen) atoms. The highest BCUT2D eigenvalue weighted by Gasteiger charge is 2.21. The van der Waals surface area contributed by atoms with Crippen molar-refractivity contribution in [1.82, 2.24) is 34.8 Å². The molecule has 7 nitrogen and oxygen atoms in total. The van der Waals surface area contributed by atoms with Crippen molar-refractivity contribution in [2.45, 2.75) is 13.8 Å². The average molecular weight is 391 g/mol. The van der Waals surface area contributed by atoms with Gasteiger partial charge in [-0.2, -0.15) is 9.61 Å². The number of rotatable bonds is 3. The van der Waals surface area contributed by atoms with E-state index in [0.29, 0.717) is 27.1 Å². The van der Waals surface area contributed by atoms with Crippen molar-refractivity contribution in [1.29, 1.82) is 0 Å². The summed E-state index contributed by atoms with van der Waals surface area (Å²) in [7, 11) is 0. The molecule has 9 heteroatoms. The number of aryl methyl sites for hydroxylation is 1. The first-order valence-electron chi connectivity index (χ1n) is 8.58. The standard InChI is InChI=1S/C19H14FN7S/c1-11-7-9-13(10-8-11)26-12(2)16(21-25-26)17-22-23-19-27(17)24-18(28-19)14-5-3-4-6-15(14)20/h3-10H,1-2H3. The summed E-state index contributed by atoms with van der Waals surface area (Å²) in [6.07, 6.45) is 0. The molecule has 138 valence electrons. The van der Waals surface area contributed by atoms with Crippen molar-refractivity contribution in [2.24, 2.45) is 0 Å². The van der Waals surface area contributed by atoms with Gasteiger partial charge >= 0.3 is 0 Å². The van der Waals surface area contributed by atoms with Crippen LogP contribution in [0.3, 0.4) is 0 Å². The third-order valence-electron chi connectivity index (χ3n) is 4.48. The summed E-state index contributed by atoms with van der Waals surface area (Å²) in [6, 6.07) is 14.5. The molecule has 5 aromatic rings. The average Bonchev–Trinajstić information content (AvgIpc) is 3.37. The Morgan fingerprint density at radius 2 is 1.71 bits per heavy atom. The minimum Gasteiger partial charge on any atom is -0.217 e. The van der Waals surface area contributed by atoms with Crippen molar-refractivity contribution in [3.63, 3.8) is 0 Å². The molecule has 0 bridgehead atoms. The molecule has 0 spiro atoms. The SMILES string of the molecule is Cc1ccc(-n2nnc(-c3nnc4sc(-c5ccccc5F)nn34)c2C)cc1.